The van der Waals surface area contributed by atoms with Crippen LogP contribution < -0.4 is 5.32 Å². The highest BCUT2D eigenvalue weighted by atomic mass is 16.2. The van der Waals surface area contributed by atoms with Crippen LogP contribution in [0.4, 0.5) is 5.69 Å². The Morgan fingerprint density at radius 2 is 1.84 bits per heavy atom. The number of hydrogen-bond acceptors (Lipinski definition) is 3. The summed E-state index contributed by atoms with van der Waals surface area (Å²) in [5.74, 6) is -0.0936. The van der Waals surface area contributed by atoms with E-state index in [4.69, 9.17) is 5.26 Å². The molecule has 0 heterocycles. The molecule has 0 unspecified atom stereocenters. The minimum atomic E-state index is -0.0936. The number of nitriles is 1. The molecule has 4 heteroatoms. The molecule has 2 aromatic rings. The summed E-state index contributed by atoms with van der Waals surface area (Å²) in [7, 11) is 1.92. The summed E-state index contributed by atoms with van der Waals surface area (Å²) in [6, 6.07) is 17.5. The lowest BCUT2D eigenvalue weighted by Crippen LogP contribution is -2.29. The first kappa shape index (κ1) is 18.7. The number of amides is 1. The van der Waals surface area contributed by atoms with Gasteiger partial charge in [-0.15, -0.1) is 0 Å². The lowest BCUT2D eigenvalue weighted by molar-refractivity contribution is -0.117. The quantitative estimate of drug-likeness (QED) is 0.901. The zero-order valence-electron chi connectivity index (χ0n) is 15.3. The lowest BCUT2D eigenvalue weighted by Gasteiger charge is -2.20. The fourth-order valence-electron chi connectivity index (χ4n) is 2.59. The second kappa shape index (κ2) is 7.96. The van der Waals surface area contributed by atoms with E-state index >= 15 is 0 Å². The first-order chi connectivity index (χ1) is 11.8. The van der Waals surface area contributed by atoms with Gasteiger partial charge in [0.2, 0.25) is 5.91 Å². The molecule has 0 bridgehead atoms. The number of benzene rings is 2. The highest BCUT2D eigenvalue weighted by Crippen LogP contribution is 2.22. The van der Waals surface area contributed by atoms with Crippen molar-refractivity contribution in [1.82, 2.24) is 4.90 Å². The Kier molecular flexibility index (Phi) is 5.95. The fraction of sp³-hybridized carbons (Fsp3) is 0.333. The first-order valence-corrected chi connectivity index (χ1v) is 8.36. The third kappa shape index (κ3) is 5.74. The van der Waals surface area contributed by atoms with Crippen molar-refractivity contribution in [2.24, 2.45) is 0 Å². The molecule has 25 heavy (non-hydrogen) atoms. The van der Waals surface area contributed by atoms with E-state index in [2.05, 4.69) is 56.4 Å². The van der Waals surface area contributed by atoms with Crippen LogP contribution in [0.1, 0.15) is 37.5 Å². The van der Waals surface area contributed by atoms with Gasteiger partial charge in [-0.2, -0.15) is 5.26 Å². The molecular weight excluding hydrogens is 310 g/mol. The summed E-state index contributed by atoms with van der Waals surface area (Å²) >= 11 is 0. The highest BCUT2D eigenvalue weighted by molar-refractivity contribution is 5.92. The first-order valence-electron chi connectivity index (χ1n) is 8.36. The van der Waals surface area contributed by atoms with Crippen LogP contribution in [-0.4, -0.2) is 24.4 Å². The zero-order valence-corrected chi connectivity index (χ0v) is 15.3. The molecule has 0 atom stereocenters. The van der Waals surface area contributed by atoms with Gasteiger partial charge < -0.3 is 5.32 Å². The van der Waals surface area contributed by atoms with E-state index in [1.165, 1.54) is 11.1 Å². The van der Waals surface area contributed by atoms with Crippen molar-refractivity contribution in [3.63, 3.8) is 0 Å². The van der Waals surface area contributed by atoms with Crippen molar-refractivity contribution in [2.75, 3.05) is 18.9 Å². The molecule has 130 valence electrons. The summed E-state index contributed by atoms with van der Waals surface area (Å²) in [6.07, 6.45) is 0. The van der Waals surface area contributed by atoms with Crippen molar-refractivity contribution < 1.29 is 4.79 Å². The molecule has 2 aromatic carbocycles. The Labute approximate surface area is 150 Å². The van der Waals surface area contributed by atoms with Crippen molar-refractivity contribution in [1.29, 1.82) is 5.26 Å². The molecule has 0 fully saturated rings. The van der Waals surface area contributed by atoms with Gasteiger partial charge in [0.1, 0.15) is 0 Å². The number of anilines is 1. The van der Waals surface area contributed by atoms with E-state index in [1.807, 2.05) is 11.9 Å². The van der Waals surface area contributed by atoms with Crippen LogP contribution in [0.5, 0.6) is 0 Å². The number of hydrogen-bond donors (Lipinski definition) is 1. The van der Waals surface area contributed by atoms with Crippen molar-refractivity contribution >= 4 is 11.6 Å². The standard InChI is InChI=1S/C21H25N3O/c1-21(2,3)18-10-8-16(9-11-18)14-24(4)15-20(25)23-19-7-5-6-17(12-19)13-22/h5-12H,14-15H2,1-4H3,(H,23,25). The van der Waals surface area contributed by atoms with E-state index in [0.29, 0.717) is 17.8 Å². The number of nitrogens with one attached hydrogen (secondary N) is 1. The molecule has 0 saturated carbocycles. The summed E-state index contributed by atoms with van der Waals surface area (Å²) in [4.78, 5) is 14.1. The number of nitrogens with zero attached hydrogens (tertiary/aromatic N) is 2. The number of rotatable bonds is 5. The molecule has 1 N–H and O–H groups in total. The maximum atomic E-state index is 12.2. The fourth-order valence-corrected chi connectivity index (χ4v) is 2.59. The second-order valence-electron chi connectivity index (χ2n) is 7.36. The normalized spacial score (nSPS) is 11.2. The summed E-state index contributed by atoms with van der Waals surface area (Å²) in [5, 5.41) is 11.7. The molecule has 4 nitrogen and oxygen atoms in total. The van der Waals surface area contributed by atoms with Crippen LogP contribution in [0, 0.1) is 11.3 Å². The zero-order chi connectivity index (χ0) is 18.4. The van der Waals surface area contributed by atoms with Gasteiger partial charge >= 0.3 is 0 Å². The van der Waals surface area contributed by atoms with Crippen molar-refractivity contribution in [3.8, 4) is 6.07 Å². The third-order valence-corrected chi connectivity index (χ3v) is 3.96. The molecule has 0 aromatic heterocycles. The average molecular weight is 335 g/mol. The van der Waals surface area contributed by atoms with Gasteiger partial charge in [-0.3, -0.25) is 9.69 Å². The lowest BCUT2D eigenvalue weighted by atomic mass is 9.87. The topological polar surface area (TPSA) is 56.1 Å². The van der Waals surface area contributed by atoms with E-state index in [0.717, 1.165) is 0 Å². The van der Waals surface area contributed by atoms with Crippen LogP contribution in [0.3, 0.4) is 0 Å². The van der Waals surface area contributed by atoms with Crippen molar-refractivity contribution in [3.05, 3.63) is 65.2 Å². The molecular formula is C21H25N3O. The Bertz CT molecular complexity index is 767. The van der Waals surface area contributed by atoms with E-state index < -0.39 is 0 Å². The molecule has 0 saturated heterocycles. The van der Waals surface area contributed by atoms with E-state index in [1.54, 1.807) is 24.3 Å². The molecule has 2 rings (SSSR count). The largest absolute Gasteiger partial charge is 0.325 e. The summed E-state index contributed by atoms with van der Waals surface area (Å²) in [5.41, 5.74) is 3.79. The summed E-state index contributed by atoms with van der Waals surface area (Å²) < 4.78 is 0. The number of carbonyl (C=O) groups excluding carboxylic acids is 1. The monoisotopic (exact) mass is 335 g/mol. The van der Waals surface area contributed by atoms with Gasteiger partial charge in [-0.25, -0.2) is 0 Å². The van der Waals surface area contributed by atoms with Gasteiger partial charge in [0.15, 0.2) is 0 Å². The van der Waals surface area contributed by atoms with Gasteiger partial charge in [0.05, 0.1) is 18.2 Å². The Balaban J connectivity index is 1.90. The number of carbonyl (C=O) groups is 1. The molecule has 0 aliphatic heterocycles. The van der Waals surface area contributed by atoms with Gasteiger partial charge in [0, 0.05) is 12.2 Å². The molecule has 0 radical (unpaired) electrons. The molecule has 0 aliphatic carbocycles. The van der Waals surface area contributed by atoms with Gasteiger partial charge in [0.25, 0.3) is 0 Å². The SMILES string of the molecule is CN(CC(=O)Nc1cccc(C#N)c1)Cc1ccc(C(C)(C)C)cc1. The van der Waals surface area contributed by atoms with Crippen LogP contribution in [-0.2, 0) is 16.8 Å². The smallest absolute Gasteiger partial charge is 0.238 e. The molecule has 1 amide bonds. The number of likely N-dealkylation sites (N-methyl/N-ethyl adjacent to an activating group) is 1. The van der Waals surface area contributed by atoms with E-state index in [9.17, 15) is 4.79 Å². The Morgan fingerprint density at radius 1 is 1.16 bits per heavy atom. The predicted octanol–water partition coefficient (Wildman–Crippen LogP) is 3.93. The third-order valence-electron chi connectivity index (χ3n) is 3.96. The van der Waals surface area contributed by atoms with Crippen molar-refractivity contribution in [2.45, 2.75) is 32.7 Å². The predicted molar refractivity (Wildman–Crippen MR) is 101 cm³/mol. The average Bonchev–Trinajstić information content (AvgIpc) is 2.54. The Morgan fingerprint density at radius 3 is 2.44 bits per heavy atom. The molecule has 0 spiro atoms. The molecule has 0 aliphatic rings. The summed E-state index contributed by atoms with van der Waals surface area (Å²) in [6.45, 7) is 7.58. The maximum absolute atomic E-state index is 12.2. The van der Waals surface area contributed by atoms with Gasteiger partial charge in [-0.1, -0.05) is 51.1 Å². The van der Waals surface area contributed by atoms with E-state index in [-0.39, 0.29) is 17.9 Å². The highest BCUT2D eigenvalue weighted by Gasteiger charge is 2.13. The van der Waals surface area contributed by atoms with Crippen LogP contribution >= 0.6 is 0 Å². The maximum Gasteiger partial charge on any atom is 0.238 e. The van der Waals surface area contributed by atoms with Crippen LogP contribution in [0.2, 0.25) is 0 Å². The Hall–Kier alpha value is -2.64. The van der Waals surface area contributed by atoms with Gasteiger partial charge in [-0.05, 0) is 41.8 Å². The van der Waals surface area contributed by atoms with Crippen LogP contribution in [0.25, 0.3) is 0 Å². The second-order valence-corrected chi connectivity index (χ2v) is 7.36. The van der Waals surface area contributed by atoms with Crippen LogP contribution in [0.15, 0.2) is 48.5 Å². The minimum Gasteiger partial charge on any atom is -0.325 e. The minimum absolute atomic E-state index is 0.0936.